The van der Waals surface area contributed by atoms with Crippen LogP contribution in [0.2, 0.25) is 0 Å². The number of nitrogens with one attached hydrogen (secondary N) is 1. The van der Waals surface area contributed by atoms with Crippen molar-refractivity contribution >= 4 is 5.91 Å². The van der Waals surface area contributed by atoms with Crippen LogP contribution in [0.4, 0.5) is 0 Å². The average molecular weight is 294 g/mol. The van der Waals surface area contributed by atoms with E-state index in [9.17, 15) is 4.79 Å². The number of hydrogen-bond donors (Lipinski definition) is 1. The van der Waals surface area contributed by atoms with Crippen LogP contribution in [0.5, 0.6) is 0 Å². The lowest BCUT2D eigenvalue weighted by Gasteiger charge is -2.02. The third-order valence-corrected chi connectivity index (χ3v) is 3.02. The maximum Gasteiger partial charge on any atom is 0.249 e. The van der Waals surface area contributed by atoms with E-state index < -0.39 is 0 Å². The van der Waals surface area contributed by atoms with Gasteiger partial charge in [0.15, 0.2) is 0 Å². The average Bonchev–Trinajstić information content (AvgIpc) is 3.04. The maximum absolute atomic E-state index is 11.9. The van der Waals surface area contributed by atoms with Gasteiger partial charge in [-0.25, -0.2) is 0 Å². The molecule has 0 fully saturated rings. The van der Waals surface area contributed by atoms with Crippen LogP contribution in [-0.4, -0.2) is 21.1 Å². The number of aromatic nitrogens is 3. The predicted molar refractivity (Wildman–Crippen MR) is 79.5 cm³/mol. The van der Waals surface area contributed by atoms with Gasteiger partial charge in [0.05, 0.1) is 18.5 Å². The molecule has 0 unspecified atom stereocenters. The highest BCUT2D eigenvalue weighted by Gasteiger charge is 2.10. The van der Waals surface area contributed by atoms with Crippen molar-refractivity contribution in [1.82, 2.24) is 20.5 Å². The molecule has 0 saturated carbocycles. The summed E-state index contributed by atoms with van der Waals surface area (Å²) in [6.45, 7) is 0.207. The Morgan fingerprint density at radius 2 is 1.95 bits per heavy atom. The van der Waals surface area contributed by atoms with E-state index >= 15 is 0 Å². The van der Waals surface area contributed by atoms with E-state index in [2.05, 4.69) is 20.5 Å². The first-order chi connectivity index (χ1) is 10.8. The lowest BCUT2D eigenvalue weighted by molar-refractivity contribution is -0.120. The SMILES string of the molecule is O=C(Cc1ccccc1)NCc1nnc(-c2cccnc2)o1. The van der Waals surface area contributed by atoms with Crippen molar-refractivity contribution in [2.75, 3.05) is 0 Å². The number of hydrogen-bond acceptors (Lipinski definition) is 5. The summed E-state index contributed by atoms with van der Waals surface area (Å²) in [5.41, 5.74) is 1.71. The Kier molecular flexibility index (Phi) is 4.20. The summed E-state index contributed by atoms with van der Waals surface area (Å²) in [7, 11) is 0. The van der Waals surface area contributed by atoms with Gasteiger partial charge in [0.1, 0.15) is 0 Å². The molecule has 0 spiro atoms. The molecule has 6 nitrogen and oxygen atoms in total. The van der Waals surface area contributed by atoms with Crippen LogP contribution in [0.25, 0.3) is 11.5 Å². The minimum absolute atomic E-state index is 0.0904. The Morgan fingerprint density at radius 1 is 1.09 bits per heavy atom. The smallest absolute Gasteiger partial charge is 0.249 e. The van der Waals surface area contributed by atoms with E-state index in [1.807, 2.05) is 36.4 Å². The second kappa shape index (κ2) is 6.62. The van der Waals surface area contributed by atoms with Crippen LogP contribution >= 0.6 is 0 Å². The molecule has 110 valence electrons. The van der Waals surface area contributed by atoms with E-state index in [4.69, 9.17) is 4.42 Å². The molecule has 2 heterocycles. The van der Waals surface area contributed by atoms with Gasteiger partial charge >= 0.3 is 0 Å². The van der Waals surface area contributed by atoms with Gasteiger partial charge in [-0.05, 0) is 17.7 Å². The first-order valence-corrected chi connectivity index (χ1v) is 6.84. The van der Waals surface area contributed by atoms with Gasteiger partial charge in [0, 0.05) is 12.4 Å². The summed E-state index contributed by atoms with van der Waals surface area (Å²) in [5.74, 6) is 0.660. The molecule has 3 aromatic rings. The largest absolute Gasteiger partial charge is 0.419 e. The van der Waals surface area contributed by atoms with Crippen molar-refractivity contribution in [2.45, 2.75) is 13.0 Å². The van der Waals surface area contributed by atoms with E-state index in [-0.39, 0.29) is 12.5 Å². The molecule has 1 aromatic carbocycles. The summed E-state index contributed by atoms with van der Waals surface area (Å²) >= 11 is 0. The molecular weight excluding hydrogens is 280 g/mol. The quantitative estimate of drug-likeness (QED) is 0.778. The minimum atomic E-state index is -0.0904. The fourth-order valence-corrected chi connectivity index (χ4v) is 1.95. The summed E-state index contributed by atoms with van der Waals surface area (Å²) in [4.78, 5) is 15.8. The Morgan fingerprint density at radius 3 is 2.73 bits per heavy atom. The van der Waals surface area contributed by atoms with Crippen molar-refractivity contribution in [3.63, 3.8) is 0 Å². The predicted octanol–water partition coefficient (Wildman–Crippen LogP) is 1.99. The summed E-state index contributed by atoms with van der Waals surface area (Å²) in [5, 5.41) is 10.6. The molecule has 1 N–H and O–H groups in total. The zero-order valence-corrected chi connectivity index (χ0v) is 11.8. The Bertz CT molecular complexity index is 741. The number of pyridine rings is 1. The molecule has 0 bridgehead atoms. The highest BCUT2D eigenvalue weighted by molar-refractivity contribution is 5.78. The Hall–Kier alpha value is -3.02. The van der Waals surface area contributed by atoms with Crippen LogP contribution < -0.4 is 5.32 Å². The lowest BCUT2D eigenvalue weighted by atomic mass is 10.1. The van der Waals surface area contributed by atoms with Gasteiger partial charge in [-0.2, -0.15) is 0 Å². The fourth-order valence-electron chi connectivity index (χ4n) is 1.95. The molecule has 0 aliphatic heterocycles. The van der Waals surface area contributed by atoms with Gasteiger partial charge < -0.3 is 9.73 Å². The van der Waals surface area contributed by atoms with E-state index in [0.717, 1.165) is 11.1 Å². The molecule has 6 heteroatoms. The monoisotopic (exact) mass is 294 g/mol. The van der Waals surface area contributed by atoms with Crippen molar-refractivity contribution in [3.8, 4) is 11.5 Å². The standard InChI is InChI=1S/C16H14N4O2/c21-14(9-12-5-2-1-3-6-12)18-11-15-19-20-16(22-15)13-7-4-8-17-10-13/h1-8,10H,9,11H2,(H,18,21). The molecule has 3 rings (SSSR count). The first kappa shape index (κ1) is 13.9. The van der Waals surface area contributed by atoms with Crippen LogP contribution in [0.3, 0.4) is 0 Å². The van der Waals surface area contributed by atoms with Crippen LogP contribution in [-0.2, 0) is 17.8 Å². The van der Waals surface area contributed by atoms with Crippen LogP contribution in [0.1, 0.15) is 11.5 Å². The second-order valence-electron chi connectivity index (χ2n) is 4.68. The Balaban J connectivity index is 1.56. The van der Waals surface area contributed by atoms with E-state index in [1.165, 1.54) is 0 Å². The van der Waals surface area contributed by atoms with Gasteiger partial charge in [-0.1, -0.05) is 30.3 Å². The third kappa shape index (κ3) is 3.54. The molecule has 0 atom stereocenters. The van der Waals surface area contributed by atoms with Crippen molar-refractivity contribution in [2.24, 2.45) is 0 Å². The van der Waals surface area contributed by atoms with Crippen LogP contribution in [0.15, 0.2) is 59.3 Å². The Labute approximate surface area is 127 Å². The van der Waals surface area contributed by atoms with Crippen molar-refractivity contribution in [3.05, 3.63) is 66.3 Å². The highest BCUT2D eigenvalue weighted by Crippen LogP contribution is 2.15. The zero-order valence-electron chi connectivity index (χ0n) is 11.8. The molecule has 1 amide bonds. The van der Waals surface area contributed by atoms with Gasteiger partial charge in [-0.3, -0.25) is 9.78 Å². The number of carbonyl (C=O) groups excluding carboxylic acids is 1. The minimum Gasteiger partial charge on any atom is -0.419 e. The van der Waals surface area contributed by atoms with E-state index in [0.29, 0.717) is 18.2 Å². The normalized spacial score (nSPS) is 10.4. The molecular formula is C16H14N4O2. The lowest BCUT2D eigenvalue weighted by Crippen LogP contribution is -2.24. The van der Waals surface area contributed by atoms with Crippen molar-refractivity contribution < 1.29 is 9.21 Å². The summed E-state index contributed by atoms with van der Waals surface area (Å²) < 4.78 is 5.49. The first-order valence-electron chi connectivity index (χ1n) is 6.84. The van der Waals surface area contributed by atoms with Crippen LogP contribution in [0, 0.1) is 0 Å². The fraction of sp³-hybridized carbons (Fsp3) is 0.125. The number of carbonyl (C=O) groups is 1. The molecule has 0 aliphatic rings. The zero-order chi connectivity index (χ0) is 15.2. The summed E-state index contributed by atoms with van der Waals surface area (Å²) in [6, 6.07) is 13.2. The molecule has 0 aliphatic carbocycles. The number of benzene rings is 1. The molecule has 22 heavy (non-hydrogen) atoms. The van der Waals surface area contributed by atoms with E-state index in [1.54, 1.807) is 18.5 Å². The topological polar surface area (TPSA) is 80.9 Å². The molecule has 0 saturated heterocycles. The second-order valence-corrected chi connectivity index (χ2v) is 4.68. The van der Waals surface area contributed by atoms with Gasteiger partial charge in [0.2, 0.25) is 17.7 Å². The third-order valence-electron chi connectivity index (χ3n) is 3.02. The van der Waals surface area contributed by atoms with Gasteiger partial charge in [-0.15, -0.1) is 10.2 Å². The van der Waals surface area contributed by atoms with Crippen molar-refractivity contribution in [1.29, 1.82) is 0 Å². The maximum atomic E-state index is 11.9. The number of nitrogens with zero attached hydrogens (tertiary/aromatic N) is 3. The molecule has 0 radical (unpaired) electrons. The molecule has 2 aromatic heterocycles. The van der Waals surface area contributed by atoms with Gasteiger partial charge in [0.25, 0.3) is 0 Å². The number of amides is 1. The summed E-state index contributed by atoms with van der Waals surface area (Å²) in [6.07, 6.45) is 3.64. The highest BCUT2D eigenvalue weighted by atomic mass is 16.4. The number of rotatable bonds is 5.